The van der Waals surface area contributed by atoms with Crippen LogP contribution in [0.5, 0.6) is 0 Å². The summed E-state index contributed by atoms with van der Waals surface area (Å²) in [4.78, 5) is 1.11. The van der Waals surface area contributed by atoms with E-state index in [1.165, 1.54) is 12.0 Å². The first kappa shape index (κ1) is 15.0. The number of hydrogen-bond acceptors (Lipinski definition) is 2. The van der Waals surface area contributed by atoms with Gasteiger partial charge in [-0.05, 0) is 36.6 Å². The van der Waals surface area contributed by atoms with E-state index in [2.05, 4.69) is 24.3 Å². The van der Waals surface area contributed by atoms with Gasteiger partial charge in [-0.2, -0.15) is 0 Å². The Hall–Kier alpha value is -0.960. The van der Waals surface area contributed by atoms with E-state index >= 15 is 0 Å². The molecule has 2 aromatic rings. The van der Waals surface area contributed by atoms with Gasteiger partial charge >= 0.3 is 0 Å². The average molecular weight is 319 g/mol. The number of benzene rings is 2. The summed E-state index contributed by atoms with van der Waals surface area (Å²) in [7, 11) is 0. The second kappa shape index (κ2) is 6.43. The van der Waals surface area contributed by atoms with Crippen molar-refractivity contribution in [3.8, 4) is 0 Å². The number of rotatable bonds is 5. The molecule has 2 aromatic carbocycles. The van der Waals surface area contributed by atoms with Gasteiger partial charge in [-0.25, -0.2) is 0 Å². The minimum Gasteiger partial charge on any atom is -0.391 e. The van der Waals surface area contributed by atoms with E-state index in [4.69, 9.17) is 11.6 Å². The van der Waals surface area contributed by atoms with Crippen molar-refractivity contribution in [1.82, 2.24) is 0 Å². The molecule has 0 aromatic heterocycles. The van der Waals surface area contributed by atoms with Crippen LogP contribution in [0.1, 0.15) is 24.8 Å². The van der Waals surface area contributed by atoms with Crippen LogP contribution in [0.25, 0.3) is 0 Å². The van der Waals surface area contributed by atoms with Crippen LogP contribution in [-0.4, -0.2) is 17.0 Å². The molecule has 3 rings (SSSR count). The molecular formula is C18H19ClOS. The maximum Gasteiger partial charge on any atom is 0.0730 e. The lowest BCUT2D eigenvalue weighted by atomic mass is 9.61. The van der Waals surface area contributed by atoms with Gasteiger partial charge < -0.3 is 5.11 Å². The topological polar surface area (TPSA) is 20.2 Å². The highest BCUT2D eigenvalue weighted by molar-refractivity contribution is 7.99. The second-order valence-corrected chi connectivity index (χ2v) is 7.19. The van der Waals surface area contributed by atoms with Crippen molar-refractivity contribution >= 4 is 23.4 Å². The Bertz CT molecular complexity index is 595. The highest BCUT2D eigenvalue weighted by Crippen LogP contribution is 2.47. The molecule has 1 fully saturated rings. The Morgan fingerprint density at radius 3 is 2.48 bits per heavy atom. The molecule has 0 saturated heterocycles. The maximum absolute atomic E-state index is 10.7. The molecular weight excluding hydrogens is 300 g/mol. The minimum atomic E-state index is -0.322. The summed E-state index contributed by atoms with van der Waals surface area (Å²) in [6.45, 7) is 0. The van der Waals surface area contributed by atoms with Gasteiger partial charge in [0.15, 0.2) is 0 Å². The first-order chi connectivity index (χ1) is 10.2. The van der Waals surface area contributed by atoms with Crippen molar-refractivity contribution in [3.05, 3.63) is 65.2 Å². The lowest BCUT2D eigenvalue weighted by molar-refractivity contribution is 0.0455. The monoisotopic (exact) mass is 318 g/mol. The molecule has 1 unspecified atom stereocenters. The molecule has 1 aliphatic rings. The zero-order valence-electron chi connectivity index (χ0n) is 11.8. The van der Waals surface area contributed by atoms with Gasteiger partial charge in [0.1, 0.15) is 0 Å². The summed E-state index contributed by atoms with van der Waals surface area (Å²) in [5, 5.41) is 11.5. The van der Waals surface area contributed by atoms with Gasteiger partial charge in [-0.3, -0.25) is 0 Å². The minimum absolute atomic E-state index is 0.0488. The molecule has 1 aliphatic carbocycles. The molecule has 0 heterocycles. The van der Waals surface area contributed by atoms with Crippen molar-refractivity contribution in [3.63, 3.8) is 0 Å². The van der Waals surface area contributed by atoms with Gasteiger partial charge in [0.25, 0.3) is 0 Å². The predicted molar refractivity (Wildman–Crippen MR) is 90.2 cm³/mol. The van der Waals surface area contributed by atoms with Crippen LogP contribution in [-0.2, 0) is 5.41 Å². The van der Waals surface area contributed by atoms with Crippen LogP contribution in [0, 0.1) is 0 Å². The third-order valence-electron chi connectivity index (χ3n) is 4.44. The van der Waals surface area contributed by atoms with Gasteiger partial charge in [0.05, 0.1) is 6.10 Å². The summed E-state index contributed by atoms with van der Waals surface area (Å²) in [6, 6.07) is 18.3. The van der Waals surface area contributed by atoms with Crippen molar-refractivity contribution in [2.45, 2.75) is 35.7 Å². The lowest BCUT2D eigenvalue weighted by Crippen LogP contribution is -2.46. The Balaban J connectivity index is 1.70. The van der Waals surface area contributed by atoms with E-state index in [0.717, 1.165) is 22.8 Å². The molecule has 110 valence electrons. The molecule has 1 atom stereocenters. The number of aliphatic hydroxyl groups excluding tert-OH is 1. The van der Waals surface area contributed by atoms with Gasteiger partial charge in [0, 0.05) is 21.1 Å². The number of hydrogen-bond donors (Lipinski definition) is 1. The van der Waals surface area contributed by atoms with Gasteiger partial charge in [-0.1, -0.05) is 54.4 Å². The van der Waals surface area contributed by atoms with Crippen LogP contribution in [0.3, 0.4) is 0 Å². The standard InChI is InChI=1S/C18H19ClOS/c19-15-8-4-9-16(12-15)21-13-17(20)18(10-5-11-18)14-6-2-1-3-7-14/h1-4,6-9,12,17,20H,5,10-11,13H2. The van der Waals surface area contributed by atoms with Crippen molar-refractivity contribution in [2.24, 2.45) is 0 Å². The molecule has 21 heavy (non-hydrogen) atoms. The Morgan fingerprint density at radius 1 is 1.10 bits per heavy atom. The highest BCUT2D eigenvalue weighted by atomic mass is 35.5. The van der Waals surface area contributed by atoms with Crippen LogP contribution >= 0.6 is 23.4 Å². The average Bonchev–Trinajstić information content (AvgIpc) is 2.45. The second-order valence-electron chi connectivity index (χ2n) is 5.66. The fraction of sp³-hybridized carbons (Fsp3) is 0.333. The molecule has 0 bridgehead atoms. The van der Waals surface area contributed by atoms with Crippen LogP contribution in [0.4, 0.5) is 0 Å². The van der Waals surface area contributed by atoms with Crippen molar-refractivity contribution in [2.75, 3.05) is 5.75 Å². The summed E-state index contributed by atoms with van der Waals surface area (Å²) in [5.41, 5.74) is 1.22. The number of thioether (sulfide) groups is 1. The highest BCUT2D eigenvalue weighted by Gasteiger charge is 2.44. The van der Waals surface area contributed by atoms with E-state index < -0.39 is 0 Å². The Morgan fingerprint density at radius 2 is 1.86 bits per heavy atom. The van der Waals surface area contributed by atoms with Gasteiger partial charge in [0.2, 0.25) is 0 Å². The molecule has 0 spiro atoms. The van der Waals surface area contributed by atoms with Crippen molar-refractivity contribution in [1.29, 1.82) is 0 Å². The zero-order valence-corrected chi connectivity index (χ0v) is 13.4. The Kier molecular flexibility index (Phi) is 4.58. The molecule has 0 amide bonds. The molecule has 0 radical (unpaired) electrons. The van der Waals surface area contributed by atoms with Crippen LogP contribution < -0.4 is 0 Å². The van der Waals surface area contributed by atoms with Gasteiger partial charge in [-0.15, -0.1) is 11.8 Å². The lowest BCUT2D eigenvalue weighted by Gasteiger charge is -2.46. The molecule has 3 heteroatoms. The molecule has 1 saturated carbocycles. The van der Waals surface area contributed by atoms with Crippen LogP contribution in [0.15, 0.2) is 59.5 Å². The summed E-state index contributed by atoms with van der Waals surface area (Å²) < 4.78 is 0. The first-order valence-electron chi connectivity index (χ1n) is 7.33. The van der Waals surface area contributed by atoms with Crippen molar-refractivity contribution < 1.29 is 5.11 Å². The SMILES string of the molecule is OC(CSc1cccc(Cl)c1)C1(c2ccccc2)CCC1. The number of aliphatic hydroxyl groups is 1. The summed E-state index contributed by atoms with van der Waals surface area (Å²) in [6.07, 6.45) is 3.04. The molecule has 1 nitrogen and oxygen atoms in total. The molecule has 1 N–H and O–H groups in total. The maximum atomic E-state index is 10.7. The van der Waals surface area contributed by atoms with E-state index in [-0.39, 0.29) is 11.5 Å². The van der Waals surface area contributed by atoms with E-state index in [9.17, 15) is 5.11 Å². The van der Waals surface area contributed by atoms with E-state index in [0.29, 0.717) is 5.75 Å². The molecule has 0 aliphatic heterocycles. The number of halogens is 1. The predicted octanol–water partition coefficient (Wildman–Crippen LogP) is 4.91. The third-order valence-corrected chi connectivity index (χ3v) is 5.74. The zero-order chi connectivity index (χ0) is 14.7. The van der Waals surface area contributed by atoms with E-state index in [1.54, 1.807) is 11.8 Å². The summed E-state index contributed by atoms with van der Waals surface area (Å²) >= 11 is 7.69. The quantitative estimate of drug-likeness (QED) is 0.790. The smallest absolute Gasteiger partial charge is 0.0730 e. The summed E-state index contributed by atoms with van der Waals surface area (Å²) in [5.74, 6) is 0.704. The van der Waals surface area contributed by atoms with E-state index in [1.807, 2.05) is 30.3 Å². The normalized spacial score (nSPS) is 18.0. The largest absolute Gasteiger partial charge is 0.391 e. The Labute approximate surface area is 135 Å². The third kappa shape index (κ3) is 3.13. The fourth-order valence-corrected chi connectivity index (χ4v) is 4.34. The first-order valence-corrected chi connectivity index (χ1v) is 8.69. The fourth-order valence-electron chi connectivity index (χ4n) is 3.03. The van der Waals surface area contributed by atoms with Crippen LogP contribution in [0.2, 0.25) is 5.02 Å².